The molecule has 3 heteroatoms. The van der Waals surface area contributed by atoms with Crippen LogP contribution in [-0.2, 0) is 6.42 Å². The summed E-state index contributed by atoms with van der Waals surface area (Å²) in [4.78, 5) is 0. The summed E-state index contributed by atoms with van der Waals surface area (Å²) in [6.07, 6.45) is 2.60. The Morgan fingerprint density at radius 1 is 1.54 bits per heavy atom. The van der Waals surface area contributed by atoms with E-state index >= 15 is 0 Å². The van der Waals surface area contributed by atoms with Crippen LogP contribution in [-0.4, -0.2) is 63.6 Å². The van der Waals surface area contributed by atoms with E-state index in [0.717, 1.165) is 12.0 Å². The molecule has 0 saturated carbocycles. The predicted molar refractivity (Wildman–Crippen MR) is 54.3 cm³/mol. The third-order valence-electron chi connectivity index (χ3n) is 1.62. The van der Waals surface area contributed by atoms with Crippen LogP contribution in [0.15, 0.2) is 30.9 Å². The van der Waals surface area contributed by atoms with E-state index in [1.165, 1.54) is 7.11 Å². The maximum Gasteiger partial charge on any atom is 0.160 e. The van der Waals surface area contributed by atoms with Crippen LogP contribution in [0.1, 0.15) is 5.56 Å². The van der Waals surface area contributed by atoms with Gasteiger partial charge in [0.2, 0.25) is 0 Å². The molecule has 65 valence electrons. The number of allylic oxidation sites excluding steroid dienone is 1. The normalized spacial score (nSPS) is 8.69. The zero-order chi connectivity index (χ0) is 8.97. The monoisotopic (exact) mass is 203 g/mol. The molecule has 1 rings (SSSR count). The Morgan fingerprint density at radius 3 is 2.77 bits per heavy atom. The van der Waals surface area contributed by atoms with Gasteiger partial charge in [-0.2, -0.15) is 0 Å². The van der Waals surface area contributed by atoms with Gasteiger partial charge in [0.15, 0.2) is 11.5 Å². The number of ether oxygens (including phenoxy) is 1. The number of phenolic OH excluding ortho intramolecular Hbond substituents is 1. The second kappa shape index (κ2) is 6.62. The van der Waals surface area contributed by atoms with E-state index in [1.807, 2.05) is 12.1 Å². The third kappa shape index (κ3) is 3.83. The molecule has 1 N–H and O–H groups in total. The zero-order valence-electron chi connectivity index (χ0n) is 8.08. The van der Waals surface area contributed by atoms with Gasteiger partial charge in [0.05, 0.1) is 7.11 Å². The van der Waals surface area contributed by atoms with E-state index in [2.05, 4.69) is 6.58 Å². The minimum absolute atomic E-state index is 0. The number of benzene rings is 1. The van der Waals surface area contributed by atoms with Gasteiger partial charge in [0.25, 0.3) is 0 Å². The Morgan fingerprint density at radius 2 is 2.23 bits per heavy atom. The SMILES string of the molecule is C=CCc1ccc(O)c(OC)c1.[K]. The van der Waals surface area contributed by atoms with E-state index in [9.17, 15) is 5.11 Å². The van der Waals surface area contributed by atoms with Gasteiger partial charge in [-0.25, -0.2) is 0 Å². The number of hydrogen-bond acceptors (Lipinski definition) is 2. The largest absolute Gasteiger partial charge is 0.504 e. The van der Waals surface area contributed by atoms with Crippen LogP contribution in [0.3, 0.4) is 0 Å². The van der Waals surface area contributed by atoms with Crippen molar-refractivity contribution >= 4 is 51.4 Å². The maximum absolute atomic E-state index is 9.25. The van der Waals surface area contributed by atoms with Gasteiger partial charge >= 0.3 is 0 Å². The molecule has 0 fully saturated rings. The molecule has 0 amide bonds. The van der Waals surface area contributed by atoms with E-state index in [1.54, 1.807) is 12.1 Å². The molecule has 2 nitrogen and oxygen atoms in total. The van der Waals surface area contributed by atoms with Crippen LogP contribution < -0.4 is 4.74 Å². The number of rotatable bonds is 3. The molecule has 0 aliphatic carbocycles. The smallest absolute Gasteiger partial charge is 0.160 e. The molecule has 0 unspecified atom stereocenters. The summed E-state index contributed by atoms with van der Waals surface area (Å²) in [7, 11) is 1.53. The molecule has 0 atom stereocenters. The molecule has 1 radical (unpaired) electrons. The van der Waals surface area contributed by atoms with Crippen molar-refractivity contribution in [3.63, 3.8) is 0 Å². The first kappa shape index (κ1) is 13.2. The van der Waals surface area contributed by atoms with Gasteiger partial charge in [-0.15, -0.1) is 6.58 Å². The Hall–Kier alpha value is 0.196. The van der Waals surface area contributed by atoms with Crippen molar-refractivity contribution in [3.05, 3.63) is 36.4 Å². The minimum atomic E-state index is 0. The molecule has 1 aromatic rings. The fourth-order valence-corrected chi connectivity index (χ4v) is 1.02. The third-order valence-corrected chi connectivity index (χ3v) is 1.62. The van der Waals surface area contributed by atoms with Crippen molar-refractivity contribution in [2.45, 2.75) is 6.42 Å². The molecule has 13 heavy (non-hydrogen) atoms. The van der Waals surface area contributed by atoms with E-state index in [0.29, 0.717) is 5.75 Å². The molecule has 0 bridgehead atoms. The van der Waals surface area contributed by atoms with Gasteiger partial charge in [-0.3, -0.25) is 0 Å². The van der Waals surface area contributed by atoms with Crippen molar-refractivity contribution < 1.29 is 9.84 Å². The number of phenols is 1. The molecule has 0 heterocycles. The van der Waals surface area contributed by atoms with Crippen molar-refractivity contribution in [1.29, 1.82) is 0 Å². The van der Waals surface area contributed by atoms with Crippen molar-refractivity contribution in [2.75, 3.05) is 7.11 Å². The van der Waals surface area contributed by atoms with Crippen LogP contribution >= 0.6 is 0 Å². The van der Waals surface area contributed by atoms with Gasteiger partial charge in [0.1, 0.15) is 0 Å². The number of methoxy groups -OCH3 is 1. The Labute approximate surface area is 121 Å². The standard InChI is InChI=1S/C10H12O2.K/c1-3-4-8-5-6-9(11)10(7-8)12-2;/h3,5-7,11H,1,4H2,2H3;. The van der Waals surface area contributed by atoms with Gasteiger partial charge < -0.3 is 9.84 Å². The first-order valence-corrected chi connectivity index (χ1v) is 3.74. The first-order valence-electron chi connectivity index (χ1n) is 3.74. The molecule has 0 aliphatic rings. The minimum Gasteiger partial charge on any atom is -0.504 e. The van der Waals surface area contributed by atoms with Crippen LogP contribution in [0.5, 0.6) is 11.5 Å². The summed E-state index contributed by atoms with van der Waals surface area (Å²) in [5.41, 5.74) is 1.08. The summed E-state index contributed by atoms with van der Waals surface area (Å²) in [6, 6.07) is 5.27. The van der Waals surface area contributed by atoms with Crippen LogP contribution in [0.25, 0.3) is 0 Å². The average molecular weight is 203 g/mol. The van der Waals surface area contributed by atoms with Crippen molar-refractivity contribution in [3.8, 4) is 11.5 Å². The fraction of sp³-hybridized carbons (Fsp3) is 0.200. The summed E-state index contributed by atoms with van der Waals surface area (Å²) in [6.45, 7) is 3.63. The molecule has 0 spiro atoms. The topological polar surface area (TPSA) is 29.5 Å². The molecule has 1 aromatic carbocycles. The van der Waals surface area contributed by atoms with E-state index < -0.39 is 0 Å². The molecule has 0 saturated heterocycles. The summed E-state index contributed by atoms with van der Waals surface area (Å²) in [5.74, 6) is 0.680. The molecular weight excluding hydrogens is 191 g/mol. The zero-order valence-corrected chi connectivity index (χ0v) is 11.2. The van der Waals surface area contributed by atoms with E-state index in [4.69, 9.17) is 4.74 Å². The quantitative estimate of drug-likeness (QED) is 0.599. The van der Waals surface area contributed by atoms with Crippen molar-refractivity contribution in [1.82, 2.24) is 0 Å². The Balaban J connectivity index is 0.00000144. The average Bonchev–Trinajstić information content (AvgIpc) is 2.09. The molecule has 0 aliphatic heterocycles. The van der Waals surface area contributed by atoms with Gasteiger partial charge in [0, 0.05) is 51.4 Å². The fourth-order valence-electron chi connectivity index (χ4n) is 1.02. The summed E-state index contributed by atoms with van der Waals surface area (Å²) in [5, 5.41) is 9.25. The summed E-state index contributed by atoms with van der Waals surface area (Å²) >= 11 is 0. The van der Waals surface area contributed by atoms with Gasteiger partial charge in [-0.05, 0) is 24.1 Å². The molecule has 0 aromatic heterocycles. The Kier molecular flexibility index (Phi) is 6.72. The predicted octanol–water partition coefficient (Wildman–Crippen LogP) is 1.75. The first-order chi connectivity index (χ1) is 5.77. The second-order valence-corrected chi connectivity index (χ2v) is 2.50. The second-order valence-electron chi connectivity index (χ2n) is 2.50. The van der Waals surface area contributed by atoms with Crippen LogP contribution in [0.4, 0.5) is 0 Å². The van der Waals surface area contributed by atoms with Crippen LogP contribution in [0, 0.1) is 0 Å². The van der Waals surface area contributed by atoms with Crippen LogP contribution in [0.2, 0.25) is 0 Å². The maximum atomic E-state index is 9.25. The summed E-state index contributed by atoms with van der Waals surface area (Å²) < 4.78 is 4.95. The van der Waals surface area contributed by atoms with Crippen molar-refractivity contribution in [2.24, 2.45) is 0 Å². The number of aromatic hydroxyl groups is 1. The molecular formula is C10H12KO2. The number of hydrogen-bond donors (Lipinski definition) is 1. The van der Waals surface area contributed by atoms with Gasteiger partial charge in [-0.1, -0.05) is 12.1 Å². The van der Waals surface area contributed by atoms with E-state index in [-0.39, 0.29) is 57.1 Å². The Bertz CT molecular complexity index is 284.